The second-order valence-electron chi connectivity index (χ2n) is 16.3. The van der Waals surface area contributed by atoms with Crippen LogP contribution in [0.2, 0.25) is 0 Å². The zero-order valence-electron chi connectivity index (χ0n) is 34.5. The van der Waals surface area contributed by atoms with Crippen molar-refractivity contribution < 1.29 is 0 Å². The molecule has 2 nitrogen and oxygen atoms in total. The molecular weight excluding hydrogens is 761 g/mol. The third kappa shape index (κ3) is 6.48. The van der Waals surface area contributed by atoms with Crippen molar-refractivity contribution in [1.82, 2.24) is 9.55 Å². The summed E-state index contributed by atoms with van der Waals surface area (Å²) in [6.45, 7) is 0. The average molecular weight is 801 g/mol. The lowest BCUT2D eigenvalue weighted by molar-refractivity contribution is 1.18. The minimum absolute atomic E-state index is 0.986. The van der Waals surface area contributed by atoms with Gasteiger partial charge >= 0.3 is 0 Å². The Balaban J connectivity index is 0.990. The monoisotopic (exact) mass is 800 g/mol. The van der Waals surface area contributed by atoms with Crippen LogP contribution in [0.25, 0.3) is 116 Å². The van der Waals surface area contributed by atoms with Crippen molar-refractivity contribution in [3.8, 4) is 72.6 Å². The molecule has 0 aliphatic rings. The molecule has 12 rings (SSSR count). The fourth-order valence-electron chi connectivity index (χ4n) is 9.50. The third-order valence-corrected chi connectivity index (χ3v) is 12.6. The van der Waals surface area contributed by atoms with Gasteiger partial charge in [0.2, 0.25) is 0 Å². The molecule has 12 aromatic rings. The summed E-state index contributed by atoms with van der Waals surface area (Å²) < 4.78 is 2.39. The second-order valence-corrected chi connectivity index (χ2v) is 16.3. The standard InChI is InChI=1S/C61H40N2/c1-4-14-41(15-5-1)43-24-28-45(29-25-43)49-38-50(46-30-26-44(27-31-46)42-16-6-2-7-17-42)40-51(39-49)47-32-34-48(35-33-47)61-55-36-37-58-60(59(55)53-20-10-12-22-56(53)62-61)54-21-11-13-23-57(54)63(58)52-18-8-3-9-19-52/h1-40H. The van der Waals surface area contributed by atoms with Crippen LogP contribution >= 0.6 is 0 Å². The van der Waals surface area contributed by atoms with E-state index >= 15 is 0 Å². The van der Waals surface area contributed by atoms with Crippen molar-refractivity contribution >= 4 is 43.5 Å². The predicted molar refractivity (Wildman–Crippen MR) is 266 cm³/mol. The number of fused-ring (bicyclic) bond motifs is 7. The number of rotatable bonds is 7. The Morgan fingerprint density at radius 2 is 0.667 bits per heavy atom. The number of hydrogen-bond acceptors (Lipinski definition) is 1. The summed E-state index contributed by atoms with van der Waals surface area (Å²) in [7, 11) is 0. The van der Waals surface area contributed by atoms with Crippen LogP contribution in [0.15, 0.2) is 243 Å². The summed E-state index contributed by atoms with van der Waals surface area (Å²) in [5, 5.41) is 6.03. The quantitative estimate of drug-likeness (QED) is 0.147. The predicted octanol–water partition coefficient (Wildman–Crippen LogP) is 16.5. The largest absolute Gasteiger partial charge is 0.309 e. The van der Waals surface area contributed by atoms with Gasteiger partial charge in [-0.1, -0.05) is 194 Å². The molecule has 0 aliphatic carbocycles. The topological polar surface area (TPSA) is 17.8 Å². The smallest absolute Gasteiger partial charge is 0.0788 e. The molecule has 63 heavy (non-hydrogen) atoms. The van der Waals surface area contributed by atoms with E-state index in [1.807, 2.05) is 0 Å². The lowest BCUT2D eigenvalue weighted by Crippen LogP contribution is -1.94. The van der Waals surface area contributed by atoms with Crippen molar-refractivity contribution in [2.45, 2.75) is 0 Å². The number of para-hydroxylation sites is 3. The second kappa shape index (κ2) is 15.3. The Morgan fingerprint density at radius 1 is 0.254 bits per heavy atom. The maximum Gasteiger partial charge on any atom is 0.0788 e. The van der Waals surface area contributed by atoms with E-state index in [0.717, 1.165) is 38.8 Å². The zero-order valence-corrected chi connectivity index (χ0v) is 34.5. The van der Waals surface area contributed by atoms with Gasteiger partial charge in [0.05, 0.1) is 22.2 Å². The van der Waals surface area contributed by atoms with Crippen LogP contribution in [0.5, 0.6) is 0 Å². The van der Waals surface area contributed by atoms with Crippen molar-refractivity contribution in [2.24, 2.45) is 0 Å². The van der Waals surface area contributed by atoms with Crippen LogP contribution in [0.3, 0.4) is 0 Å². The summed E-state index contributed by atoms with van der Waals surface area (Å²) in [6.07, 6.45) is 0. The van der Waals surface area contributed by atoms with Crippen LogP contribution in [0.1, 0.15) is 0 Å². The van der Waals surface area contributed by atoms with Gasteiger partial charge in [0.1, 0.15) is 0 Å². The lowest BCUT2D eigenvalue weighted by atomic mass is 9.91. The number of pyridine rings is 1. The van der Waals surface area contributed by atoms with E-state index in [2.05, 4.69) is 247 Å². The molecule has 0 radical (unpaired) electrons. The van der Waals surface area contributed by atoms with Crippen molar-refractivity contribution in [3.63, 3.8) is 0 Å². The summed E-state index contributed by atoms with van der Waals surface area (Å²) in [4.78, 5) is 5.39. The van der Waals surface area contributed by atoms with E-state index in [0.29, 0.717) is 0 Å². The molecular formula is C61H40N2. The minimum Gasteiger partial charge on any atom is -0.309 e. The molecule has 0 atom stereocenters. The lowest BCUT2D eigenvalue weighted by Gasteiger charge is -2.14. The number of aromatic nitrogens is 2. The van der Waals surface area contributed by atoms with Gasteiger partial charge in [-0.3, -0.25) is 0 Å². The molecule has 0 fully saturated rings. The molecule has 2 aromatic heterocycles. The van der Waals surface area contributed by atoms with Crippen molar-refractivity contribution in [3.05, 3.63) is 243 Å². The zero-order chi connectivity index (χ0) is 41.7. The van der Waals surface area contributed by atoms with Crippen LogP contribution < -0.4 is 0 Å². The summed E-state index contributed by atoms with van der Waals surface area (Å²) in [5.74, 6) is 0. The Labute approximate surface area is 366 Å². The number of hydrogen-bond donors (Lipinski definition) is 0. The number of benzene rings is 10. The van der Waals surface area contributed by atoms with Gasteiger partial charge < -0.3 is 4.57 Å². The highest BCUT2D eigenvalue weighted by molar-refractivity contribution is 6.29. The van der Waals surface area contributed by atoms with Gasteiger partial charge in [-0.2, -0.15) is 0 Å². The maximum atomic E-state index is 5.39. The molecule has 0 spiro atoms. The van der Waals surface area contributed by atoms with E-state index in [1.54, 1.807) is 0 Å². The fraction of sp³-hybridized carbons (Fsp3) is 0. The summed E-state index contributed by atoms with van der Waals surface area (Å²) >= 11 is 0. The van der Waals surface area contributed by atoms with Crippen molar-refractivity contribution in [2.75, 3.05) is 0 Å². The summed E-state index contributed by atoms with van der Waals surface area (Å²) in [5.41, 5.74) is 18.5. The highest BCUT2D eigenvalue weighted by atomic mass is 15.0. The SMILES string of the molecule is c1ccc(-c2ccc(-c3cc(-c4ccc(-c5ccccc5)cc4)cc(-c4ccc(-c5nc6ccccc6c6c5ccc5c6c6ccccc6n5-c5ccccc5)cc4)c3)cc2)cc1. The van der Waals surface area contributed by atoms with Crippen LogP contribution in [-0.2, 0) is 0 Å². The van der Waals surface area contributed by atoms with Gasteiger partial charge in [0.15, 0.2) is 0 Å². The van der Waals surface area contributed by atoms with E-state index in [1.165, 1.54) is 77.3 Å². The molecule has 0 saturated heterocycles. The average Bonchev–Trinajstić information content (AvgIpc) is 3.71. The van der Waals surface area contributed by atoms with Gasteiger partial charge in [-0.05, 0) is 104 Å². The highest BCUT2D eigenvalue weighted by Crippen LogP contribution is 2.43. The first kappa shape index (κ1) is 36.5. The Kier molecular flexibility index (Phi) is 8.86. The highest BCUT2D eigenvalue weighted by Gasteiger charge is 2.19. The first-order valence-corrected chi connectivity index (χ1v) is 21.6. The normalized spacial score (nSPS) is 11.5. The molecule has 0 aliphatic heterocycles. The molecule has 2 heterocycles. The molecule has 0 unspecified atom stereocenters. The van der Waals surface area contributed by atoms with Crippen LogP contribution in [-0.4, -0.2) is 9.55 Å². The first-order chi connectivity index (χ1) is 31.2. The third-order valence-electron chi connectivity index (χ3n) is 12.6. The molecule has 0 amide bonds. The molecule has 294 valence electrons. The molecule has 2 heteroatoms. The van der Waals surface area contributed by atoms with E-state index in [4.69, 9.17) is 4.98 Å². The van der Waals surface area contributed by atoms with E-state index in [-0.39, 0.29) is 0 Å². The van der Waals surface area contributed by atoms with Gasteiger partial charge in [0, 0.05) is 38.2 Å². The van der Waals surface area contributed by atoms with E-state index < -0.39 is 0 Å². The minimum atomic E-state index is 0.986. The van der Waals surface area contributed by atoms with Crippen LogP contribution in [0.4, 0.5) is 0 Å². The van der Waals surface area contributed by atoms with Gasteiger partial charge in [0.25, 0.3) is 0 Å². The van der Waals surface area contributed by atoms with E-state index in [9.17, 15) is 0 Å². The molecule has 0 bridgehead atoms. The first-order valence-electron chi connectivity index (χ1n) is 21.6. The Hall–Kier alpha value is -8.33. The molecule has 0 N–H and O–H groups in total. The molecule has 0 saturated carbocycles. The van der Waals surface area contributed by atoms with Gasteiger partial charge in [-0.15, -0.1) is 0 Å². The maximum absolute atomic E-state index is 5.39. The Morgan fingerprint density at radius 3 is 1.21 bits per heavy atom. The Bertz CT molecular complexity index is 3510. The number of nitrogens with zero attached hydrogens (tertiary/aromatic N) is 2. The fourth-order valence-corrected chi connectivity index (χ4v) is 9.50. The summed E-state index contributed by atoms with van der Waals surface area (Å²) in [6, 6.07) is 87.7. The van der Waals surface area contributed by atoms with Gasteiger partial charge in [-0.25, -0.2) is 4.98 Å². The van der Waals surface area contributed by atoms with Crippen LogP contribution in [0, 0.1) is 0 Å². The van der Waals surface area contributed by atoms with Crippen molar-refractivity contribution in [1.29, 1.82) is 0 Å². The molecule has 10 aromatic carbocycles.